The Balaban J connectivity index is 1.82. The summed E-state index contributed by atoms with van der Waals surface area (Å²) in [7, 11) is -3.90. The van der Waals surface area contributed by atoms with E-state index in [1.807, 2.05) is 0 Å². The Morgan fingerprint density at radius 3 is 2.12 bits per heavy atom. The Kier molecular flexibility index (Phi) is 8.58. The molecule has 0 radical (unpaired) electrons. The van der Waals surface area contributed by atoms with Gasteiger partial charge in [-0.05, 0) is 70.2 Å². The molecule has 0 unspecified atom stereocenters. The molecular weight excluding hydrogens is 598 g/mol. The summed E-state index contributed by atoms with van der Waals surface area (Å²) in [5.74, 6) is -0.923. The van der Waals surface area contributed by atoms with Crippen LogP contribution in [0.15, 0.2) is 71.8 Å². The first kappa shape index (κ1) is 31.9. The zero-order chi connectivity index (χ0) is 31.8. The van der Waals surface area contributed by atoms with Crippen LogP contribution in [0.25, 0.3) is 33.9 Å². The van der Waals surface area contributed by atoms with Crippen molar-refractivity contribution in [3.63, 3.8) is 0 Å². The van der Waals surface area contributed by atoms with Crippen LogP contribution in [0.5, 0.6) is 5.75 Å². The molecule has 228 valence electrons. The minimum atomic E-state index is -4.90. The first-order valence-corrected chi connectivity index (χ1v) is 14.3. The number of hydrogen-bond donors (Lipinski definition) is 1. The molecule has 4 aromatic rings. The molecule has 0 atom stereocenters. The number of ether oxygens (including phenoxy) is 1. The fourth-order valence-electron chi connectivity index (χ4n) is 4.07. The van der Waals surface area contributed by atoms with Crippen LogP contribution in [0.2, 0.25) is 0 Å². The lowest BCUT2D eigenvalue weighted by Gasteiger charge is -2.20. The number of halogens is 6. The molecule has 43 heavy (non-hydrogen) atoms. The third-order valence-corrected chi connectivity index (χ3v) is 7.55. The Morgan fingerprint density at radius 1 is 0.791 bits per heavy atom. The molecule has 14 heteroatoms. The summed E-state index contributed by atoms with van der Waals surface area (Å²) in [5.41, 5.74) is -2.79. The van der Waals surface area contributed by atoms with Crippen molar-refractivity contribution in [1.82, 2.24) is 19.7 Å². The van der Waals surface area contributed by atoms with Gasteiger partial charge in [-0.15, -0.1) is 0 Å². The van der Waals surface area contributed by atoms with Crippen LogP contribution < -0.4 is 9.46 Å². The van der Waals surface area contributed by atoms with E-state index in [1.165, 1.54) is 43.5 Å². The van der Waals surface area contributed by atoms with E-state index in [4.69, 9.17) is 4.74 Å². The first-order chi connectivity index (χ1) is 19.9. The van der Waals surface area contributed by atoms with Gasteiger partial charge in [-0.25, -0.2) is 23.1 Å². The van der Waals surface area contributed by atoms with Gasteiger partial charge in [0.15, 0.2) is 5.82 Å². The molecule has 4 rings (SSSR count). The fraction of sp³-hybridized carbons (Fsp3) is 0.276. The Hall–Kier alpha value is -4.04. The van der Waals surface area contributed by atoms with Crippen molar-refractivity contribution in [2.24, 2.45) is 0 Å². The molecule has 0 spiro atoms. The summed E-state index contributed by atoms with van der Waals surface area (Å²) < 4.78 is 115. The summed E-state index contributed by atoms with van der Waals surface area (Å²) in [6, 6.07) is 11.9. The predicted molar refractivity (Wildman–Crippen MR) is 147 cm³/mol. The first-order valence-electron chi connectivity index (χ1n) is 12.8. The normalized spacial score (nSPS) is 12.8. The van der Waals surface area contributed by atoms with E-state index in [1.54, 1.807) is 26.8 Å². The number of pyridine rings is 1. The topological polar surface area (TPSA) is 94.1 Å². The number of sulfonamides is 1. The van der Waals surface area contributed by atoms with Gasteiger partial charge in [-0.2, -0.15) is 26.3 Å². The van der Waals surface area contributed by atoms with E-state index < -0.39 is 44.9 Å². The van der Waals surface area contributed by atoms with Crippen molar-refractivity contribution in [2.75, 3.05) is 6.61 Å². The molecule has 0 aliphatic heterocycles. The molecular formula is C29H26F6N4O3S. The van der Waals surface area contributed by atoms with E-state index in [-0.39, 0.29) is 39.8 Å². The lowest BCUT2D eigenvalue weighted by Crippen LogP contribution is -2.40. The van der Waals surface area contributed by atoms with Crippen LogP contribution in [0.3, 0.4) is 0 Å². The lowest BCUT2D eigenvalue weighted by molar-refractivity contribution is -0.141. The molecule has 0 saturated heterocycles. The van der Waals surface area contributed by atoms with Crippen molar-refractivity contribution >= 4 is 10.0 Å². The Morgan fingerprint density at radius 2 is 1.49 bits per heavy atom. The number of rotatable bonds is 7. The number of alkyl halides is 6. The van der Waals surface area contributed by atoms with Crippen molar-refractivity contribution < 1.29 is 39.5 Å². The maximum absolute atomic E-state index is 13.9. The largest absolute Gasteiger partial charge is 0.493 e. The van der Waals surface area contributed by atoms with Gasteiger partial charge in [0.2, 0.25) is 10.0 Å². The molecule has 2 aromatic heterocycles. The van der Waals surface area contributed by atoms with Crippen LogP contribution >= 0.6 is 0 Å². The van der Waals surface area contributed by atoms with Crippen LogP contribution in [-0.4, -0.2) is 35.5 Å². The van der Waals surface area contributed by atoms with Crippen LogP contribution in [0, 0.1) is 0 Å². The van der Waals surface area contributed by atoms with Gasteiger partial charge in [0, 0.05) is 28.4 Å². The zero-order valence-electron chi connectivity index (χ0n) is 23.3. The summed E-state index contributed by atoms with van der Waals surface area (Å²) in [6.45, 7) is 6.43. The second kappa shape index (κ2) is 11.6. The van der Waals surface area contributed by atoms with Gasteiger partial charge in [0.25, 0.3) is 0 Å². The van der Waals surface area contributed by atoms with Gasteiger partial charge in [-0.1, -0.05) is 18.2 Å². The summed E-state index contributed by atoms with van der Waals surface area (Å²) in [5, 5.41) is 0. The predicted octanol–water partition coefficient (Wildman–Crippen LogP) is 7.39. The second-order valence-electron chi connectivity index (χ2n) is 10.4. The highest BCUT2D eigenvalue weighted by atomic mass is 32.2. The number of benzene rings is 2. The summed E-state index contributed by atoms with van der Waals surface area (Å²) in [6.07, 6.45) is -8.35. The minimum Gasteiger partial charge on any atom is -0.493 e. The van der Waals surface area contributed by atoms with Crippen molar-refractivity contribution in [3.05, 3.63) is 78.1 Å². The molecule has 2 aromatic carbocycles. The van der Waals surface area contributed by atoms with E-state index in [2.05, 4.69) is 19.7 Å². The zero-order valence-corrected chi connectivity index (χ0v) is 24.1. The smallest absolute Gasteiger partial charge is 0.433 e. The highest BCUT2D eigenvalue weighted by molar-refractivity contribution is 7.89. The highest BCUT2D eigenvalue weighted by Gasteiger charge is 2.36. The standard InChI is InChI=1S/C29H26F6N4O3S/c1-5-42-24-15-18(9-10-21(24)28(30,31)32)23-16-25(29(33,34)35)38-26(37-23)19-11-12-36-22(14-19)17-7-6-8-20(13-17)43(40,41)39-27(2,3)4/h6-16,39H,5H2,1-4H3. The van der Waals surface area contributed by atoms with E-state index in [9.17, 15) is 34.8 Å². The summed E-state index contributed by atoms with van der Waals surface area (Å²) >= 11 is 0. The van der Waals surface area contributed by atoms with Gasteiger partial charge in [0.05, 0.1) is 28.5 Å². The Bertz CT molecular complexity index is 1750. The third kappa shape index (κ3) is 7.68. The Labute approximate surface area is 244 Å². The summed E-state index contributed by atoms with van der Waals surface area (Å²) in [4.78, 5) is 12.1. The maximum atomic E-state index is 13.9. The molecule has 7 nitrogen and oxygen atoms in total. The number of hydrogen-bond acceptors (Lipinski definition) is 6. The van der Waals surface area contributed by atoms with Crippen LogP contribution in [0.1, 0.15) is 39.0 Å². The third-order valence-electron chi connectivity index (χ3n) is 5.80. The van der Waals surface area contributed by atoms with E-state index >= 15 is 0 Å². The lowest BCUT2D eigenvalue weighted by atomic mass is 10.1. The second-order valence-corrected chi connectivity index (χ2v) is 12.1. The van der Waals surface area contributed by atoms with Crippen molar-refractivity contribution in [2.45, 2.75) is 50.5 Å². The molecule has 0 bridgehead atoms. The van der Waals surface area contributed by atoms with Gasteiger partial charge in [0.1, 0.15) is 11.4 Å². The van der Waals surface area contributed by atoms with Gasteiger partial charge < -0.3 is 4.74 Å². The van der Waals surface area contributed by atoms with Crippen molar-refractivity contribution in [3.8, 4) is 39.7 Å². The molecule has 0 saturated carbocycles. The molecule has 0 amide bonds. The van der Waals surface area contributed by atoms with Crippen LogP contribution in [-0.2, 0) is 22.4 Å². The minimum absolute atomic E-state index is 0.0443. The quantitative estimate of drug-likeness (QED) is 0.216. The average molecular weight is 625 g/mol. The van der Waals surface area contributed by atoms with Gasteiger partial charge in [-0.3, -0.25) is 4.98 Å². The van der Waals surface area contributed by atoms with E-state index in [0.717, 1.165) is 18.2 Å². The molecule has 2 heterocycles. The fourth-order valence-corrected chi connectivity index (χ4v) is 5.54. The highest BCUT2D eigenvalue weighted by Crippen LogP contribution is 2.39. The SMILES string of the molecule is CCOc1cc(-c2cc(C(F)(F)F)nc(-c3ccnc(-c4cccc(S(=O)(=O)NC(C)(C)C)c4)c3)n2)ccc1C(F)(F)F. The number of nitrogens with zero attached hydrogens (tertiary/aromatic N) is 3. The average Bonchev–Trinajstić information content (AvgIpc) is 2.91. The molecule has 0 aliphatic rings. The molecule has 0 fully saturated rings. The van der Waals surface area contributed by atoms with Crippen LogP contribution in [0.4, 0.5) is 26.3 Å². The maximum Gasteiger partial charge on any atom is 0.433 e. The molecule has 1 N–H and O–H groups in total. The number of aromatic nitrogens is 3. The number of nitrogens with one attached hydrogen (secondary N) is 1. The van der Waals surface area contributed by atoms with Crippen molar-refractivity contribution in [1.29, 1.82) is 0 Å². The van der Waals surface area contributed by atoms with Gasteiger partial charge >= 0.3 is 12.4 Å². The molecule has 0 aliphatic carbocycles. The monoisotopic (exact) mass is 624 g/mol. The van der Waals surface area contributed by atoms with E-state index in [0.29, 0.717) is 11.6 Å².